The Morgan fingerprint density at radius 2 is 1.79 bits per heavy atom. The summed E-state index contributed by atoms with van der Waals surface area (Å²) in [6, 6.07) is 9.28. The molecule has 29 heavy (non-hydrogen) atoms. The average molecular weight is 413 g/mol. The van der Waals surface area contributed by atoms with Gasteiger partial charge >= 0.3 is 0 Å². The van der Waals surface area contributed by atoms with Crippen molar-refractivity contribution in [2.45, 2.75) is 38.5 Å². The highest BCUT2D eigenvalue weighted by molar-refractivity contribution is 7.93. The summed E-state index contributed by atoms with van der Waals surface area (Å²) in [6.45, 7) is 5.64. The van der Waals surface area contributed by atoms with E-state index in [1.807, 2.05) is 44.2 Å². The Bertz CT molecular complexity index is 1120. The van der Waals surface area contributed by atoms with E-state index in [4.69, 9.17) is 4.74 Å². The lowest BCUT2D eigenvalue weighted by molar-refractivity contribution is 0.397. The lowest BCUT2D eigenvalue weighted by Crippen LogP contribution is -2.19. The zero-order valence-corrected chi connectivity index (χ0v) is 17.7. The molecule has 0 aliphatic carbocycles. The molecule has 2 heterocycles. The zero-order chi connectivity index (χ0) is 21.0. The lowest BCUT2D eigenvalue weighted by atomic mass is 10.0. The number of nitrogens with zero attached hydrogens (tertiary/aromatic N) is 3. The first-order chi connectivity index (χ1) is 13.9. The van der Waals surface area contributed by atoms with Crippen molar-refractivity contribution in [3.05, 3.63) is 59.5 Å². The van der Waals surface area contributed by atoms with Crippen molar-refractivity contribution in [3.8, 4) is 17.1 Å². The van der Waals surface area contributed by atoms with Gasteiger partial charge in [0.2, 0.25) is 5.82 Å². The van der Waals surface area contributed by atoms with Crippen molar-refractivity contribution in [3.63, 3.8) is 0 Å². The van der Waals surface area contributed by atoms with Crippen molar-refractivity contribution >= 4 is 15.8 Å². The van der Waals surface area contributed by atoms with Crippen LogP contribution in [0.3, 0.4) is 0 Å². The minimum Gasteiger partial charge on any atom is -0.478 e. The van der Waals surface area contributed by atoms with Gasteiger partial charge in [0.15, 0.2) is 0 Å². The number of hydrogen-bond acceptors (Lipinski definition) is 6. The zero-order valence-electron chi connectivity index (χ0n) is 16.9. The van der Waals surface area contributed by atoms with E-state index in [9.17, 15) is 8.42 Å². The van der Waals surface area contributed by atoms with Crippen LogP contribution in [0.15, 0.2) is 47.6 Å². The normalized spacial score (nSPS) is 11.3. The summed E-state index contributed by atoms with van der Waals surface area (Å²) < 4.78 is 34.8. The predicted octanol–water partition coefficient (Wildman–Crippen LogP) is 3.92. The molecule has 0 aliphatic rings. The van der Waals surface area contributed by atoms with Gasteiger partial charge in [0.05, 0.1) is 24.7 Å². The Morgan fingerprint density at radius 1 is 1.07 bits per heavy atom. The molecular formula is C21H24N4O3S. The van der Waals surface area contributed by atoms with E-state index in [-0.39, 0.29) is 16.6 Å². The summed E-state index contributed by atoms with van der Waals surface area (Å²) >= 11 is 0. The maximum atomic E-state index is 13.5. The van der Waals surface area contributed by atoms with E-state index in [1.165, 1.54) is 13.3 Å². The van der Waals surface area contributed by atoms with Crippen LogP contribution in [0, 0.1) is 13.8 Å². The Morgan fingerprint density at radius 3 is 2.45 bits per heavy atom. The standard InChI is InChI=1S/C21H24N4O3S/c1-5-9-17-14(2)12-22-18(16-10-7-6-8-11-16)19(17)29(26,27)25-20-21(28-4)24-15(3)13-23-20/h6-8,10-13H,5,9H2,1-4H3,(H,23,25). The van der Waals surface area contributed by atoms with E-state index >= 15 is 0 Å². The third-order valence-corrected chi connectivity index (χ3v) is 5.89. The third kappa shape index (κ3) is 4.37. The highest BCUT2D eigenvalue weighted by Crippen LogP contribution is 2.33. The van der Waals surface area contributed by atoms with Crippen LogP contribution in [0.2, 0.25) is 0 Å². The topological polar surface area (TPSA) is 94.1 Å². The van der Waals surface area contributed by atoms with Gasteiger partial charge in [-0.15, -0.1) is 0 Å². The molecule has 0 saturated carbocycles. The van der Waals surface area contributed by atoms with Crippen LogP contribution in [-0.4, -0.2) is 30.5 Å². The molecule has 0 bridgehead atoms. The number of hydrogen-bond donors (Lipinski definition) is 1. The predicted molar refractivity (Wildman–Crippen MR) is 113 cm³/mol. The third-order valence-electron chi connectivity index (χ3n) is 4.45. The maximum absolute atomic E-state index is 13.5. The van der Waals surface area contributed by atoms with Crippen LogP contribution >= 0.6 is 0 Å². The molecule has 0 atom stereocenters. The van der Waals surface area contributed by atoms with Gasteiger partial charge < -0.3 is 4.74 Å². The fraction of sp³-hybridized carbons (Fsp3) is 0.286. The quantitative estimate of drug-likeness (QED) is 0.632. The molecule has 8 heteroatoms. The Hall–Kier alpha value is -3.00. The molecule has 2 aromatic heterocycles. The van der Waals surface area contributed by atoms with Gasteiger partial charge in [0.1, 0.15) is 4.90 Å². The maximum Gasteiger partial charge on any atom is 0.265 e. The number of methoxy groups -OCH3 is 1. The summed E-state index contributed by atoms with van der Waals surface area (Å²) in [7, 11) is -2.58. The Labute approximate surface area is 171 Å². The van der Waals surface area contributed by atoms with Crippen molar-refractivity contribution < 1.29 is 13.2 Å². The second kappa shape index (κ2) is 8.57. The number of aromatic nitrogens is 3. The number of ether oxygens (including phenoxy) is 1. The van der Waals surface area contributed by atoms with Crippen molar-refractivity contribution in [2.75, 3.05) is 11.8 Å². The number of pyridine rings is 1. The van der Waals surface area contributed by atoms with E-state index in [0.717, 1.165) is 23.1 Å². The molecule has 7 nitrogen and oxygen atoms in total. The number of nitrogens with one attached hydrogen (secondary N) is 1. The van der Waals surface area contributed by atoms with Gasteiger partial charge in [-0.1, -0.05) is 43.7 Å². The van der Waals surface area contributed by atoms with Gasteiger partial charge in [0.25, 0.3) is 15.9 Å². The molecule has 0 spiro atoms. The average Bonchev–Trinajstić information content (AvgIpc) is 2.71. The molecule has 1 aromatic carbocycles. The van der Waals surface area contributed by atoms with Gasteiger partial charge in [-0.05, 0) is 31.4 Å². The molecule has 0 unspecified atom stereocenters. The van der Waals surface area contributed by atoms with Crippen LogP contribution in [0.25, 0.3) is 11.3 Å². The molecule has 152 valence electrons. The number of benzene rings is 1. The number of sulfonamides is 1. The first-order valence-corrected chi connectivity index (χ1v) is 10.8. The highest BCUT2D eigenvalue weighted by atomic mass is 32.2. The summed E-state index contributed by atoms with van der Waals surface area (Å²) in [5.41, 5.74) is 3.33. The van der Waals surface area contributed by atoms with Crippen LogP contribution in [0.5, 0.6) is 5.88 Å². The summed E-state index contributed by atoms with van der Waals surface area (Å²) in [4.78, 5) is 13.0. The largest absolute Gasteiger partial charge is 0.478 e. The fourth-order valence-corrected chi connectivity index (χ4v) is 4.63. The lowest BCUT2D eigenvalue weighted by Gasteiger charge is -2.18. The minimum atomic E-state index is -4.01. The first kappa shape index (κ1) is 20.7. The van der Waals surface area contributed by atoms with Crippen LogP contribution in [-0.2, 0) is 16.4 Å². The van der Waals surface area contributed by atoms with E-state index in [0.29, 0.717) is 17.8 Å². The van der Waals surface area contributed by atoms with Gasteiger partial charge in [0, 0.05) is 11.8 Å². The van der Waals surface area contributed by atoms with Gasteiger partial charge in [-0.2, -0.15) is 0 Å². The second-order valence-electron chi connectivity index (χ2n) is 6.69. The summed E-state index contributed by atoms with van der Waals surface area (Å²) in [6.07, 6.45) is 4.62. The van der Waals surface area contributed by atoms with E-state index < -0.39 is 10.0 Å². The SMILES string of the molecule is CCCc1c(C)cnc(-c2ccccc2)c1S(=O)(=O)Nc1ncc(C)nc1OC. The van der Waals surface area contributed by atoms with Crippen molar-refractivity contribution in [1.82, 2.24) is 15.0 Å². The monoisotopic (exact) mass is 412 g/mol. The van der Waals surface area contributed by atoms with Crippen LogP contribution in [0.4, 0.5) is 5.82 Å². The van der Waals surface area contributed by atoms with Gasteiger partial charge in [-0.25, -0.2) is 18.4 Å². The van der Waals surface area contributed by atoms with Crippen LogP contribution in [0.1, 0.15) is 30.2 Å². The van der Waals surface area contributed by atoms with E-state index in [1.54, 1.807) is 13.1 Å². The number of anilines is 1. The molecule has 1 N–H and O–H groups in total. The molecule has 0 aliphatic heterocycles. The van der Waals surface area contributed by atoms with Crippen LogP contribution < -0.4 is 9.46 Å². The Balaban J connectivity index is 2.21. The van der Waals surface area contributed by atoms with Crippen molar-refractivity contribution in [1.29, 1.82) is 0 Å². The molecule has 0 amide bonds. The second-order valence-corrected chi connectivity index (χ2v) is 8.31. The molecule has 3 rings (SSSR count). The Kier molecular flexibility index (Phi) is 6.12. The molecule has 3 aromatic rings. The smallest absolute Gasteiger partial charge is 0.265 e. The highest BCUT2D eigenvalue weighted by Gasteiger charge is 2.27. The van der Waals surface area contributed by atoms with E-state index in [2.05, 4.69) is 19.7 Å². The molecule has 0 fully saturated rings. The number of rotatable bonds is 7. The fourth-order valence-electron chi connectivity index (χ4n) is 3.12. The van der Waals surface area contributed by atoms with Crippen molar-refractivity contribution in [2.24, 2.45) is 0 Å². The minimum absolute atomic E-state index is 0.0427. The summed E-state index contributed by atoms with van der Waals surface area (Å²) in [5.74, 6) is 0.161. The first-order valence-electron chi connectivity index (χ1n) is 9.31. The van der Waals surface area contributed by atoms with Gasteiger partial charge in [-0.3, -0.25) is 9.71 Å². The molecule has 0 radical (unpaired) electrons. The number of aryl methyl sites for hydroxylation is 2. The summed E-state index contributed by atoms with van der Waals surface area (Å²) in [5, 5.41) is 0. The molecular weight excluding hydrogens is 388 g/mol. The molecule has 0 saturated heterocycles.